The number of methoxy groups -OCH3 is 2. The average Bonchev–Trinajstić information content (AvgIpc) is 3.38. The van der Waals surface area contributed by atoms with E-state index in [0.717, 1.165) is 21.7 Å². The number of aromatic nitrogens is 1. The van der Waals surface area contributed by atoms with E-state index in [1.54, 1.807) is 44.0 Å². The lowest BCUT2D eigenvalue weighted by atomic mass is 10.0. The number of rotatable bonds is 6. The third-order valence-electron chi connectivity index (χ3n) is 5.86. The molecule has 0 radical (unpaired) electrons. The molecule has 36 heavy (non-hydrogen) atoms. The van der Waals surface area contributed by atoms with Gasteiger partial charge < -0.3 is 19.2 Å². The number of nitrogens with one attached hydrogen (secondary N) is 1. The van der Waals surface area contributed by atoms with Crippen molar-refractivity contribution in [2.75, 3.05) is 19.5 Å². The van der Waals surface area contributed by atoms with Crippen molar-refractivity contribution in [3.05, 3.63) is 87.2 Å². The van der Waals surface area contributed by atoms with E-state index in [2.05, 4.69) is 16.4 Å². The van der Waals surface area contributed by atoms with E-state index in [0.29, 0.717) is 44.6 Å². The topological polar surface area (TPSA) is 97.4 Å². The van der Waals surface area contributed by atoms with Crippen molar-refractivity contribution in [1.29, 1.82) is 5.26 Å². The molecular formula is C28H21N3O4S. The molecule has 0 fully saturated rings. The highest BCUT2D eigenvalue weighted by Gasteiger charge is 2.15. The summed E-state index contributed by atoms with van der Waals surface area (Å²) in [6.07, 6.45) is 1.56. The first-order valence-corrected chi connectivity index (χ1v) is 11.9. The predicted octanol–water partition coefficient (Wildman–Crippen LogP) is 6.37. The molecule has 178 valence electrons. The number of anilines is 1. The van der Waals surface area contributed by atoms with Crippen molar-refractivity contribution in [3.8, 4) is 28.8 Å². The Kier molecular flexibility index (Phi) is 6.15. The molecule has 1 N–H and O–H groups in total. The Labute approximate surface area is 210 Å². The molecular weight excluding hydrogens is 474 g/mol. The summed E-state index contributed by atoms with van der Waals surface area (Å²) in [7, 11) is 3.17. The zero-order valence-electron chi connectivity index (χ0n) is 19.8. The highest BCUT2D eigenvalue weighted by molar-refractivity contribution is 7.11. The number of nitriles is 1. The SMILES string of the molecule is COc1cc(NC=C(C#N)c2nc(-c3cc4c(ccc5ccccc54)oc3=O)cs2)c(OC)cc1C. The van der Waals surface area contributed by atoms with E-state index >= 15 is 0 Å². The Morgan fingerprint density at radius 3 is 2.67 bits per heavy atom. The Hall–Kier alpha value is -4.61. The summed E-state index contributed by atoms with van der Waals surface area (Å²) in [4.78, 5) is 17.3. The molecule has 0 bridgehead atoms. The molecule has 2 aromatic heterocycles. The van der Waals surface area contributed by atoms with E-state index in [4.69, 9.17) is 13.9 Å². The summed E-state index contributed by atoms with van der Waals surface area (Å²) in [6.45, 7) is 1.92. The predicted molar refractivity (Wildman–Crippen MR) is 143 cm³/mol. The van der Waals surface area contributed by atoms with Crippen molar-refractivity contribution in [3.63, 3.8) is 0 Å². The molecule has 3 aromatic carbocycles. The smallest absolute Gasteiger partial charge is 0.345 e. The largest absolute Gasteiger partial charge is 0.496 e. The van der Waals surface area contributed by atoms with Crippen LogP contribution < -0.4 is 20.4 Å². The highest BCUT2D eigenvalue weighted by atomic mass is 32.1. The quantitative estimate of drug-likeness (QED) is 0.166. The lowest BCUT2D eigenvalue weighted by Gasteiger charge is -2.12. The van der Waals surface area contributed by atoms with Gasteiger partial charge in [-0.3, -0.25) is 0 Å². The van der Waals surface area contributed by atoms with Gasteiger partial charge in [-0.05, 0) is 41.5 Å². The highest BCUT2D eigenvalue weighted by Crippen LogP contribution is 2.34. The molecule has 7 nitrogen and oxygen atoms in total. The number of aryl methyl sites for hydroxylation is 1. The molecule has 0 aliphatic rings. The summed E-state index contributed by atoms with van der Waals surface area (Å²) < 4.78 is 16.4. The Bertz CT molecular complexity index is 1740. The van der Waals surface area contributed by atoms with Crippen LogP contribution in [-0.2, 0) is 0 Å². The molecule has 8 heteroatoms. The van der Waals surface area contributed by atoms with Crippen LogP contribution in [0.3, 0.4) is 0 Å². The van der Waals surface area contributed by atoms with Crippen LogP contribution in [0, 0.1) is 18.3 Å². The molecule has 0 aliphatic heterocycles. The molecule has 2 heterocycles. The lowest BCUT2D eigenvalue weighted by molar-refractivity contribution is 0.402. The van der Waals surface area contributed by atoms with E-state index in [9.17, 15) is 10.1 Å². The third kappa shape index (κ3) is 4.17. The molecule has 0 spiro atoms. The van der Waals surface area contributed by atoms with Gasteiger partial charge in [-0.15, -0.1) is 11.3 Å². The van der Waals surface area contributed by atoms with Gasteiger partial charge in [-0.1, -0.05) is 30.3 Å². The number of nitrogens with zero attached hydrogens (tertiary/aromatic N) is 2. The monoisotopic (exact) mass is 495 g/mol. The fourth-order valence-corrected chi connectivity index (χ4v) is 4.81. The van der Waals surface area contributed by atoms with Gasteiger partial charge in [0.15, 0.2) is 0 Å². The summed E-state index contributed by atoms with van der Waals surface area (Å²) in [5, 5.41) is 18.0. The van der Waals surface area contributed by atoms with Crippen molar-refractivity contribution in [2.45, 2.75) is 6.92 Å². The number of hydrogen-bond donors (Lipinski definition) is 1. The Morgan fingerprint density at radius 1 is 1.08 bits per heavy atom. The fraction of sp³-hybridized carbons (Fsp3) is 0.107. The number of ether oxygens (including phenoxy) is 2. The van der Waals surface area contributed by atoms with E-state index in [1.165, 1.54) is 11.3 Å². The second kappa shape index (κ2) is 9.56. The molecule has 0 aliphatic carbocycles. The number of fused-ring (bicyclic) bond motifs is 3. The normalized spacial score (nSPS) is 11.4. The minimum absolute atomic E-state index is 0.309. The van der Waals surface area contributed by atoms with Gasteiger partial charge in [-0.25, -0.2) is 9.78 Å². The minimum Gasteiger partial charge on any atom is -0.496 e. The first kappa shape index (κ1) is 23.1. The standard InChI is InChI=1S/C28H21N3O4S/c1-16-10-26(34-3)22(12-25(16)33-2)30-14-18(13-29)27-31-23(15-36-27)21-11-20-19-7-5-4-6-17(19)8-9-24(20)35-28(21)32/h4-12,14-15,30H,1-3H3. The van der Waals surface area contributed by atoms with Crippen LogP contribution in [0.2, 0.25) is 0 Å². The molecule has 0 unspecified atom stereocenters. The maximum Gasteiger partial charge on any atom is 0.345 e. The first-order valence-electron chi connectivity index (χ1n) is 11.0. The Morgan fingerprint density at radius 2 is 1.89 bits per heavy atom. The van der Waals surface area contributed by atoms with Crippen LogP contribution in [0.1, 0.15) is 10.6 Å². The van der Waals surface area contributed by atoms with Crippen LogP contribution in [0.25, 0.3) is 38.6 Å². The zero-order chi connectivity index (χ0) is 25.2. The van der Waals surface area contributed by atoms with Gasteiger partial charge in [-0.2, -0.15) is 5.26 Å². The molecule has 5 aromatic rings. The fourth-order valence-electron chi connectivity index (χ4n) is 4.03. The molecule has 0 saturated heterocycles. The van der Waals surface area contributed by atoms with Gasteiger partial charge in [0.05, 0.1) is 31.2 Å². The van der Waals surface area contributed by atoms with Crippen molar-refractivity contribution in [2.24, 2.45) is 0 Å². The van der Waals surface area contributed by atoms with E-state index < -0.39 is 5.63 Å². The first-order chi connectivity index (χ1) is 17.5. The van der Waals surface area contributed by atoms with Crippen molar-refractivity contribution < 1.29 is 13.9 Å². The Balaban J connectivity index is 1.52. The minimum atomic E-state index is -0.480. The molecule has 5 rings (SSSR count). The van der Waals surface area contributed by atoms with Crippen molar-refractivity contribution in [1.82, 2.24) is 4.98 Å². The second-order valence-electron chi connectivity index (χ2n) is 8.02. The maximum atomic E-state index is 12.8. The van der Waals surface area contributed by atoms with Gasteiger partial charge in [0.1, 0.15) is 33.7 Å². The van der Waals surface area contributed by atoms with E-state index in [1.807, 2.05) is 43.3 Å². The second-order valence-corrected chi connectivity index (χ2v) is 8.88. The van der Waals surface area contributed by atoms with Crippen LogP contribution >= 0.6 is 11.3 Å². The van der Waals surface area contributed by atoms with Crippen LogP contribution in [-0.4, -0.2) is 19.2 Å². The van der Waals surface area contributed by atoms with Gasteiger partial charge in [0, 0.05) is 23.0 Å². The molecule has 0 saturated carbocycles. The van der Waals surface area contributed by atoms with E-state index in [-0.39, 0.29) is 0 Å². The number of hydrogen-bond acceptors (Lipinski definition) is 8. The van der Waals surface area contributed by atoms with Gasteiger partial charge in [0.25, 0.3) is 0 Å². The summed E-state index contributed by atoms with van der Waals surface area (Å²) in [5.41, 5.74) is 2.71. The zero-order valence-corrected chi connectivity index (χ0v) is 20.6. The third-order valence-corrected chi connectivity index (χ3v) is 6.74. The maximum absolute atomic E-state index is 12.8. The summed E-state index contributed by atoms with van der Waals surface area (Å²) in [5.74, 6) is 1.31. The lowest BCUT2D eigenvalue weighted by Crippen LogP contribution is -2.03. The van der Waals surface area contributed by atoms with Gasteiger partial charge in [0.2, 0.25) is 0 Å². The number of thiazole rings is 1. The average molecular weight is 496 g/mol. The van der Waals surface area contributed by atoms with Gasteiger partial charge >= 0.3 is 5.63 Å². The summed E-state index contributed by atoms with van der Waals surface area (Å²) >= 11 is 1.27. The van der Waals surface area contributed by atoms with Crippen LogP contribution in [0.15, 0.2) is 75.4 Å². The van der Waals surface area contributed by atoms with Crippen molar-refractivity contribution >= 4 is 44.3 Å². The number of benzene rings is 3. The number of allylic oxidation sites excluding steroid dienone is 1. The molecule has 0 atom stereocenters. The van der Waals surface area contributed by atoms with Crippen LogP contribution in [0.4, 0.5) is 5.69 Å². The summed E-state index contributed by atoms with van der Waals surface area (Å²) in [6, 6.07) is 19.3. The van der Waals surface area contributed by atoms with Crippen LogP contribution in [0.5, 0.6) is 11.5 Å². The molecule has 0 amide bonds.